The standard InChI is InChI=1S/C22H15N3O5/c1-22(2)29-20(27)13(21(28)30-22)10-24-16-9-15-17-12(7-8-23-18(17)19(16)26)11-5-3-4-6-14(11)25-15/h3-10,24H,1-2H3. The maximum atomic E-state index is 13.0. The van der Waals surface area contributed by atoms with Crippen LogP contribution in [-0.4, -0.2) is 33.5 Å². The molecular weight excluding hydrogens is 386 g/mol. The molecule has 0 atom stereocenters. The molecule has 0 radical (unpaired) electrons. The highest BCUT2D eigenvalue weighted by Crippen LogP contribution is 2.33. The van der Waals surface area contributed by atoms with Gasteiger partial charge in [-0.3, -0.25) is 9.78 Å². The second-order valence-electron chi connectivity index (χ2n) is 7.36. The number of aromatic nitrogens is 2. The maximum absolute atomic E-state index is 13.0. The van der Waals surface area contributed by atoms with Crippen molar-refractivity contribution in [3.63, 3.8) is 0 Å². The van der Waals surface area contributed by atoms with Gasteiger partial charge in [-0.05, 0) is 23.6 Å². The minimum Gasteiger partial charge on any atom is -0.419 e. The number of hydrogen-bond donors (Lipinski definition) is 1. The summed E-state index contributed by atoms with van der Waals surface area (Å²) in [6.07, 6.45) is 4.26. The molecule has 1 aliphatic heterocycles. The summed E-state index contributed by atoms with van der Waals surface area (Å²) in [6.45, 7) is 2.92. The highest BCUT2D eigenvalue weighted by Gasteiger charge is 2.39. The lowest BCUT2D eigenvalue weighted by Crippen LogP contribution is -2.42. The van der Waals surface area contributed by atoms with Gasteiger partial charge in [0, 0.05) is 37.0 Å². The molecule has 2 aliphatic rings. The number of carbonyl (C=O) groups is 3. The number of nitrogens with zero attached hydrogens (tertiary/aromatic N) is 2. The van der Waals surface area contributed by atoms with Gasteiger partial charge >= 0.3 is 11.9 Å². The summed E-state index contributed by atoms with van der Waals surface area (Å²) in [4.78, 5) is 46.1. The lowest BCUT2D eigenvalue weighted by molar-refractivity contribution is -0.222. The van der Waals surface area contributed by atoms with Gasteiger partial charge in [-0.1, -0.05) is 18.2 Å². The number of pyridine rings is 2. The van der Waals surface area contributed by atoms with Gasteiger partial charge in [-0.2, -0.15) is 0 Å². The van der Waals surface area contributed by atoms with Crippen molar-refractivity contribution in [1.29, 1.82) is 0 Å². The minimum atomic E-state index is -1.34. The quantitative estimate of drug-likeness (QED) is 0.302. The van der Waals surface area contributed by atoms with E-state index in [0.717, 1.165) is 22.5 Å². The molecule has 0 spiro atoms. The maximum Gasteiger partial charge on any atom is 0.350 e. The van der Waals surface area contributed by atoms with Crippen LogP contribution in [0, 0.1) is 0 Å². The van der Waals surface area contributed by atoms with Crippen LogP contribution in [0.1, 0.15) is 30.0 Å². The number of benzene rings is 1. The molecule has 2 aromatic heterocycles. The van der Waals surface area contributed by atoms with E-state index in [0.29, 0.717) is 11.1 Å². The predicted octanol–water partition coefficient (Wildman–Crippen LogP) is 2.63. The average Bonchev–Trinajstić information content (AvgIpc) is 2.69. The number of ether oxygens (including phenoxy) is 2. The topological polar surface area (TPSA) is 107 Å². The number of cyclic esters (lactones) is 2. The van der Waals surface area contributed by atoms with Crippen molar-refractivity contribution in [2.45, 2.75) is 19.6 Å². The Morgan fingerprint density at radius 2 is 1.73 bits per heavy atom. The molecule has 3 heterocycles. The summed E-state index contributed by atoms with van der Waals surface area (Å²) in [5.74, 6) is -3.39. The Morgan fingerprint density at radius 1 is 1.00 bits per heavy atom. The van der Waals surface area contributed by atoms with Gasteiger partial charge in [-0.15, -0.1) is 0 Å². The summed E-state index contributed by atoms with van der Waals surface area (Å²) in [5.41, 5.74) is 1.39. The fourth-order valence-corrected chi connectivity index (χ4v) is 3.57. The Balaban J connectivity index is 1.59. The van der Waals surface area contributed by atoms with E-state index in [-0.39, 0.29) is 22.7 Å². The van der Waals surface area contributed by atoms with Crippen LogP contribution in [0.25, 0.3) is 27.8 Å². The second kappa shape index (κ2) is 6.21. The van der Waals surface area contributed by atoms with Crippen molar-refractivity contribution in [1.82, 2.24) is 15.3 Å². The first kappa shape index (κ1) is 18.0. The summed E-state index contributed by atoms with van der Waals surface area (Å²) < 4.78 is 10.1. The number of ketones is 1. The first-order valence-electron chi connectivity index (χ1n) is 9.21. The normalized spacial score (nSPS) is 17.5. The minimum absolute atomic E-state index is 0.128. The molecular formula is C22H15N3O5. The van der Waals surface area contributed by atoms with E-state index in [1.807, 2.05) is 30.3 Å². The first-order chi connectivity index (χ1) is 14.3. The van der Waals surface area contributed by atoms with Crippen molar-refractivity contribution in [3.05, 3.63) is 65.4 Å². The molecule has 8 nitrogen and oxygen atoms in total. The van der Waals surface area contributed by atoms with Gasteiger partial charge in [0.05, 0.1) is 16.9 Å². The van der Waals surface area contributed by atoms with Crippen LogP contribution in [0.3, 0.4) is 0 Å². The van der Waals surface area contributed by atoms with Crippen LogP contribution in [0.4, 0.5) is 0 Å². The number of esters is 2. The van der Waals surface area contributed by atoms with E-state index in [1.165, 1.54) is 13.8 Å². The molecule has 1 aliphatic carbocycles. The summed E-state index contributed by atoms with van der Waals surface area (Å²) in [5, 5.41) is 5.20. The van der Waals surface area contributed by atoms with E-state index in [2.05, 4.69) is 15.3 Å². The predicted molar refractivity (Wildman–Crippen MR) is 107 cm³/mol. The zero-order chi connectivity index (χ0) is 21.0. The van der Waals surface area contributed by atoms with Crippen LogP contribution in [0.2, 0.25) is 0 Å². The zero-order valence-electron chi connectivity index (χ0n) is 16.1. The molecule has 0 amide bonds. The Hall–Kier alpha value is -4.07. The van der Waals surface area contributed by atoms with E-state index in [9.17, 15) is 14.4 Å². The van der Waals surface area contributed by atoms with Gasteiger partial charge in [-0.25, -0.2) is 14.6 Å². The molecule has 30 heavy (non-hydrogen) atoms. The smallest absolute Gasteiger partial charge is 0.350 e. The van der Waals surface area contributed by atoms with Crippen molar-refractivity contribution in [2.24, 2.45) is 0 Å². The molecule has 1 aromatic carbocycles. The third kappa shape index (κ3) is 2.73. The van der Waals surface area contributed by atoms with Crippen LogP contribution < -0.4 is 5.32 Å². The van der Waals surface area contributed by atoms with Crippen molar-refractivity contribution in [3.8, 4) is 0 Å². The summed E-state index contributed by atoms with van der Waals surface area (Å²) in [6, 6.07) is 9.48. The summed E-state index contributed by atoms with van der Waals surface area (Å²) in [7, 11) is 0. The number of allylic oxidation sites excluding steroid dienone is 1. The van der Waals surface area contributed by atoms with Crippen LogP contribution in [-0.2, 0) is 19.1 Å². The fourth-order valence-electron chi connectivity index (χ4n) is 3.57. The van der Waals surface area contributed by atoms with Crippen LogP contribution in [0.5, 0.6) is 0 Å². The summed E-state index contributed by atoms with van der Waals surface area (Å²) >= 11 is 0. The number of nitrogens with one attached hydrogen (secondary N) is 1. The number of para-hydroxylation sites is 1. The molecule has 0 unspecified atom stereocenters. The Bertz CT molecular complexity index is 1330. The van der Waals surface area contributed by atoms with E-state index in [1.54, 1.807) is 12.3 Å². The highest BCUT2D eigenvalue weighted by atomic mass is 16.7. The zero-order valence-corrected chi connectivity index (χ0v) is 16.1. The fraction of sp³-hybridized carbons (Fsp3) is 0.136. The van der Waals surface area contributed by atoms with Gasteiger partial charge in [0.2, 0.25) is 5.78 Å². The molecule has 0 saturated carbocycles. The van der Waals surface area contributed by atoms with Gasteiger partial charge < -0.3 is 14.8 Å². The number of Topliss-reactive ketones (excluding diaryl/α,β-unsaturated/α-hetero) is 1. The van der Waals surface area contributed by atoms with Gasteiger partial charge in [0.15, 0.2) is 5.57 Å². The number of fused-ring (bicyclic) bond motifs is 2. The first-order valence-corrected chi connectivity index (χ1v) is 9.21. The SMILES string of the molecule is CC1(C)OC(=O)C(=CNC2=Cc3nc4ccccc4c4ccnc(c34)C2=O)C(=O)O1. The molecule has 1 saturated heterocycles. The Kier molecular flexibility index (Phi) is 3.73. The lowest BCUT2D eigenvalue weighted by Gasteiger charge is -2.29. The molecule has 0 bridgehead atoms. The largest absolute Gasteiger partial charge is 0.419 e. The number of rotatable bonds is 2. The second-order valence-corrected chi connectivity index (χ2v) is 7.36. The average molecular weight is 401 g/mol. The van der Waals surface area contributed by atoms with Crippen molar-refractivity contribution >= 4 is 45.5 Å². The molecule has 8 heteroatoms. The van der Waals surface area contributed by atoms with Crippen molar-refractivity contribution in [2.75, 3.05) is 0 Å². The molecule has 5 rings (SSSR count). The molecule has 3 aromatic rings. The van der Waals surface area contributed by atoms with Crippen molar-refractivity contribution < 1.29 is 23.9 Å². The van der Waals surface area contributed by atoms with E-state index >= 15 is 0 Å². The van der Waals surface area contributed by atoms with E-state index < -0.39 is 17.7 Å². The van der Waals surface area contributed by atoms with Crippen LogP contribution in [0.15, 0.2) is 54.0 Å². The number of carbonyl (C=O) groups excluding carboxylic acids is 3. The Labute approximate surface area is 170 Å². The monoisotopic (exact) mass is 401 g/mol. The number of hydrogen-bond acceptors (Lipinski definition) is 8. The molecule has 1 fully saturated rings. The van der Waals surface area contributed by atoms with Crippen LogP contribution >= 0.6 is 0 Å². The lowest BCUT2D eigenvalue weighted by atomic mass is 9.96. The highest BCUT2D eigenvalue weighted by molar-refractivity contribution is 6.24. The van der Waals surface area contributed by atoms with Gasteiger partial charge in [0.1, 0.15) is 5.69 Å². The van der Waals surface area contributed by atoms with Gasteiger partial charge in [0.25, 0.3) is 5.79 Å². The van der Waals surface area contributed by atoms with E-state index in [4.69, 9.17) is 9.47 Å². The third-order valence-corrected chi connectivity index (χ3v) is 4.87. The Morgan fingerprint density at radius 3 is 2.50 bits per heavy atom. The third-order valence-electron chi connectivity index (χ3n) is 4.87. The molecule has 1 N–H and O–H groups in total. The molecule has 148 valence electrons.